The molecule has 6 nitrogen and oxygen atoms in total. The smallest absolute Gasteiger partial charge is 0.0912 e. The Balaban J connectivity index is 1.59. The number of hydrogen-bond acceptors (Lipinski definition) is 3. The molecular formula is C33H35N5O. The summed E-state index contributed by atoms with van der Waals surface area (Å²) in [6.07, 6.45) is 13.3. The van der Waals surface area contributed by atoms with Crippen molar-refractivity contribution >= 4 is 33.5 Å². The molecule has 0 amide bonds. The van der Waals surface area contributed by atoms with Gasteiger partial charge in [0.2, 0.25) is 0 Å². The molecule has 0 unspecified atom stereocenters. The summed E-state index contributed by atoms with van der Waals surface area (Å²) >= 11 is 0. The molecule has 1 fully saturated rings. The van der Waals surface area contributed by atoms with Gasteiger partial charge in [-0.25, -0.2) is 4.68 Å². The molecule has 4 heterocycles. The highest BCUT2D eigenvalue weighted by Gasteiger charge is 2.32. The summed E-state index contributed by atoms with van der Waals surface area (Å²) in [7, 11) is 4.13. The molecule has 1 saturated heterocycles. The molecule has 7 rings (SSSR count). The number of fused-ring (bicyclic) bond motifs is 5. The van der Waals surface area contributed by atoms with Gasteiger partial charge in [-0.2, -0.15) is 0 Å². The molecule has 1 atom stereocenters. The lowest BCUT2D eigenvalue weighted by molar-refractivity contribution is 0.0547. The van der Waals surface area contributed by atoms with Crippen LogP contribution >= 0.6 is 0 Å². The maximum Gasteiger partial charge on any atom is 0.0912 e. The van der Waals surface area contributed by atoms with Crippen molar-refractivity contribution in [2.24, 2.45) is 20.0 Å². The molecule has 0 bridgehead atoms. The summed E-state index contributed by atoms with van der Waals surface area (Å²) in [5, 5.41) is 11.4. The summed E-state index contributed by atoms with van der Waals surface area (Å²) in [6.45, 7) is 3.69. The van der Waals surface area contributed by atoms with E-state index in [0.717, 1.165) is 55.9 Å². The third-order valence-corrected chi connectivity index (χ3v) is 8.73. The maximum absolute atomic E-state index is 5.84. The average molecular weight is 518 g/mol. The van der Waals surface area contributed by atoms with Crippen LogP contribution in [0, 0.1) is 12.8 Å². The van der Waals surface area contributed by atoms with E-state index in [-0.39, 0.29) is 6.04 Å². The van der Waals surface area contributed by atoms with Crippen LogP contribution in [0.2, 0.25) is 0 Å². The highest BCUT2D eigenvalue weighted by atomic mass is 16.5. The second-order valence-electron chi connectivity index (χ2n) is 11.0. The summed E-state index contributed by atoms with van der Waals surface area (Å²) in [5.74, 6) is 0.491. The zero-order valence-corrected chi connectivity index (χ0v) is 23.0. The lowest BCUT2D eigenvalue weighted by Crippen LogP contribution is -2.27. The van der Waals surface area contributed by atoms with Crippen molar-refractivity contribution in [3.8, 4) is 0 Å². The van der Waals surface area contributed by atoms with E-state index in [2.05, 4.69) is 106 Å². The van der Waals surface area contributed by atoms with Gasteiger partial charge in [0.25, 0.3) is 0 Å². The number of aryl methyl sites for hydroxylation is 4. The molecule has 1 aliphatic heterocycles. The van der Waals surface area contributed by atoms with Crippen LogP contribution in [0.4, 0.5) is 0 Å². The number of allylic oxidation sites excluding steroid dienone is 3. The number of ether oxygens (including phenoxy) is 1. The van der Waals surface area contributed by atoms with Crippen molar-refractivity contribution in [2.75, 3.05) is 13.2 Å². The van der Waals surface area contributed by atoms with Crippen LogP contribution in [0.1, 0.15) is 53.5 Å². The summed E-state index contributed by atoms with van der Waals surface area (Å²) < 4.78 is 12.7. The van der Waals surface area contributed by atoms with E-state index in [1.807, 2.05) is 11.7 Å². The highest BCUT2D eigenvalue weighted by molar-refractivity contribution is 6.10. The van der Waals surface area contributed by atoms with E-state index < -0.39 is 0 Å². The van der Waals surface area contributed by atoms with Gasteiger partial charge in [-0.05, 0) is 73.9 Å². The summed E-state index contributed by atoms with van der Waals surface area (Å²) in [4.78, 5) is 0. The minimum Gasteiger partial charge on any atom is -0.381 e. The molecule has 2 aliphatic rings. The van der Waals surface area contributed by atoms with Crippen molar-refractivity contribution in [3.05, 3.63) is 95.1 Å². The maximum atomic E-state index is 5.84. The first-order valence-corrected chi connectivity index (χ1v) is 14.1. The van der Waals surface area contributed by atoms with E-state index in [1.54, 1.807) is 0 Å². The fraction of sp³-hybridized carbons (Fsp3) is 0.333. The molecule has 39 heavy (non-hydrogen) atoms. The minimum atomic E-state index is 0.217. The van der Waals surface area contributed by atoms with Crippen molar-refractivity contribution in [1.29, 1.82) is 0 Å². The molecule has 6 heteroatoms. The second-order valence-corrected chi connectivity index (χ2v) is 11.0. The molecular weight excluding hydrogens is 482 g/mol. The highest BCUT2D eigenvalue weighted by Crippen LogP contribution is 2.44. The monoisotopic (exact) mass is 517 g/mol. The third kappa shape index (κ3) is 3.97. The van der Waals surface area contributed by atoms with Crippen molar-refractivity contribution < 1.29 is 4.74 Å². The number of benzene rings is 2. The van der Waals surface area contributed by atoms with Crippen molar-refractivity contribution in [2.45, 2.75) is 38.6 Å². The van der Waals surface area contributed by atoms with Crippen molar-refractivity contribution in [3.63, 3.8) is 0 Å². The molecule has 0 saturated carbocycles. The lowest BCUT2D eigenvalue weighted by Gasteiger charge is -2.33. The lowest BCUT2D eigenvalue weighted by atomic mass is 9.86. The van der Waals surface area contributed by atoms with E-state index >= 15 is 0 Å². The van der Waals surface area contributed by atoms with Crippen LogP contribution < -0.4 is 0 Å². The average Bonchev–Trinajstić information content (AvgIpc) is 3.58. The first kappa shape index (κ1) is 24.2. The van der Waals surface area contributed by atoms with Gasteiger partial charge in [-0.15, -0.1) is 5.10 Å². The van der Waals surface area contributed by atoms with Gasteiger partial charge in [0.05, 0.1) is 22.9 Å². The van der Waals surface area contributed by atoms with Gasteiger partial charge < -0.3 is 13.9 Å². The van der Waals surface area contributed by atoms with Gasteiger partial charge in [0, 0.05) is 61.1 Å². The molecule has 3 aromatic heterocycles. The topological polar surface area (TPSA) is 49.8 Å². The SMILES string of the molecule is Cc1nnn(C)c1C1=C/c2c(c3c4ccn(C)c4ccc3n2[C@H](c2ccccc2)C2CCOCC2)CC\C=C\1. The predicted molar refractivity (Wildman–Crippen MR) is 158 cm³/mol. The van der Waals surface area contributed by atoms with Crippen LogP contribution in [0.25, 0.3) is 33.5 Å². The van der Waals surface area contributed by atoms with Gasteiger partial charge in [-0.1, -0.05) is 47.7 Å². The number of hydrogen-bond donors (Lipinski definition) is 0. The largest absolute Gasteiger partial charge is 0.381 e. The first-order valence-electron chi connectivity index (χ1n) is 14.1. The number of rotatable bonds is 4. The quantitative estimate of drug-likeness (QED) is 0.269. The van der Waals surface area contributed by atoms with Crippen LogP contribution in [0.5, 0.6) is 0 Å². The van der Waals surface area contributed by atoms with E-state index in [1.165, 1.54) is 38.6 Å². The Bertz CT molecular complexity index is 1710. The Hall–Kier alpha value is -3.90. The van der Waals surface area contributed by atoms with Gasteiger partial charge >= 0.3 is 0 Å². The van der Waals surface area contributed by atoms with Crippen LogP contribution in [-0.2, 0) is 25.3 Å². The normalized spacial score (nSPS) is 19.4. The zero-order chi connectivity index (χ0) is 26.5. The Morgan fingerprint density at radius 1 is 0.974 bits per heavy atom. The Morgan fingerprint density at radius 3 is 2.54 bits per heavy atom. The fourth-order valence-electron chi connectivity index (χ4n) is 6.92. The van der Waals surface area contributed by atoms with Crippen LogP contribution in [0.3, 0.4) is 0 Å². The molecule has 198 valence electrons. The molecule has 0 N–H and O–H groups in total. The van der Waals surface area contributed by atoms with E-state index in [4.69, 9.17) is 4.74 Å². The van der Waals surface area contributed by atoms with E-state index in [9.17, 15) is 0 Å². The van der Waals surface area contributed by atoms with Crippen LogP contribution in [-0.4, -0.2) is 37.3 Å². The minimum absolute atomic E-state index is 0.217. The van der Waals surface area contributed by atoms with E-state index in [0.29, 0.717) is 5.92 Å². The first-order chi connectivity index (χ1) is 19.1. The van der Waals surface area contributed by atoms with Gasteiger partial charge in [-0.3, -0.25) is 0 Å². The third-order valence-electron chi connectivity index (χ3n) is 8.73. The Labute approximate surface area is 229 Å². The molecule has 0 radical (unpaired) electrons. The van der Waals surface area contributed by atoms with Gasteiger partial charge in [0.1, 0.15) is 0 Å². The second kappa shape index (κ2) is 9.69. The standard InChI is InChI=1S/C33H35N5O/c1-22-32(37(3)35-34-22)25-11-7-8-12-26-30(21-25)38(29-14-13-28-27(31(26)29)15-18-36(28)2)33(23-9-5-4-6-10-23)24-16-19-39-20-17-24/h4-7,9-11,13-15,18,21,24,33H,8,12,16-17,19-20H2,1-3H3/b11-7+,25-21+/t33-/m1/s1. The van der Waals surface area contributed by atoms with Crippen LogP contribution in [0.15, 0.2) is 66.9 Å². The molecule has 1 aliphatic carbocycles. The predicted octanol–water partition coefficient (Wildman–Crippen LogP) is 6.63. The fourth-order valence-corrected chi connectivity index (χ4v) is 6.92. The van der Waals surface area contributed by atoms with Crippen molar-refractivity contribution in [1.82, 2.24) is 24.1 Å². The van der Waals surface area contributed by atoms with Gasteiger partial charge in [0.15, 0.2) is 0 Å². The summed E-state index contributed by atoms with van der Waals surface area (Å²) in [6, 6.07) is 18.3. The Morgan fingerprint density at radius 2 is 1.77 bits per heavy atom. The Kier molecular flexibility index (Phi) is 6.00. The molecule has 2 aromatic carbocycles. The zero-order valence-electron chi connectivity index (χ0n) is 23.0. The number of nitrogens with zero attached hydrogens (tertiary/aromatic N) is 5. The number of aromatic nitrogens is 5. The molecule has 0 spiro atoms. The summed E-state index contributed by atoms with van der Waals surface area (Å²) in [5.41, 5.74) is 9.88. The molecule has 5 aromatic rings.